The summed E-state index contributed by atoms with van der Waals surface area (Å²) in [6, 6.07) is 16.8. The van der Waals surface area contributed by atoms with E-state index in [4.69, 9.17) is 28.1 Å². The molecular formula is C27H20O8. The molecule has 1 aliphatic heterocycles. The molecule has 35 heavy (non-hydrogen) atoms. The molecule has 5 rings (SSSR count). The van der Waals surface area contributed by atoms with E-state index >= 15 is 0 Å². The van der Waals surface area contributed by atoms with Crippen molar-refractivity contribution in [2.24, 2.45) is 0 Å². The first kappa shape index (κ1) is 22.1. The first-order valence-corrected chi connectivity index (χ1v) is 10.6. The van der Waals surface area contributed by atoms with Crippen LogP contribution in [0.5, 0.6) is 28.7 Å². The highest BCUT2D eigenvalue weighted by molar-refractivity contribution is 6.14. The predicted molar refractivity (Wildman–Crippen MR) is 127 cm³/mol. The van der Waals surface area contributed by atoms with E-state index in [0.29, 0.717) is 34.0 Å². The fraction of sp³-hybridized carbons (Fsp3) is 0.111. The number of benzene rings is 3. The number of carbonyl (C=O) groups excluding carboxylic acids is 2. The molecule has 3 aromatic carbocycles. The third-order valence-electron chi connectivity index (χ3n) is 5.50. The van der Waals surface area contributed by atoms with Gasteiger partial charge in [-0.1, -0.05) is 18.2 Å². The molecule has 2 heterocycles. The number of rotatable bonds is 6. The second kappa shape index (κ2) is 8.90. The minimum absolute atomic E-state index is 0.0739. The van der Waals surface area contributed by atoms with Crippen LogP contribution in [0.15, 0.2) is 70.8 Å². The molecule has 0 atom stereocenters. The number of ether oxygens (including phenoxy) is 5. The first-order valence-electron chi connectivity index (χ1n) is 10.6. The quantitative estimate of drug-likeness (QED) is 0.212. The van der Waals surface area contributed by atoms with E-state index in [9.17, 15) is 9.59 Å². The molecule has 8 heteroatoms. The second-order valence-corrected chi connectivity index (χ2v) is 7.58. The normalized spacial score (nSPS) is 13.5. The number of hydrogen-bond donors (Lipinski definition) is 0. The van der Waals surface area contributed by atoms with Crippen LogP contribution in [-0.4, -0.2) is 33.1 Å². The molecule has 0 spiro atoms. The van der Waals surface area contributed by atoms with Gasteiger partial charge in [0.2, 0.25) is 11.5 Å². The molecule has 0 bridgehead atoms. The zero-order valence-electron chi connectivity index (χ0n) is 19.1. The standard InChI is InChI=1S/C27H20O8/c1-30-20-14-23(32-3)22(31-2)11-16(20)12-24-26(28)18-9-8-17(13-21(18)35-24)33-27(29)25-10-15-6-4-5-7-19(15)34-25/h4-14H,1-3H3/b24-12-. The molecule has 0 amide bonds. The van der Waals surface area contributed by atoms with Crippen molar-refractivity contribution in [1.29, 1.82) is 0 Å². The number of fused-ring (bicyclic) bond motifs is 2. The number of ketones is 1. The maximum absolute atomic E-state index is 12.9. The van der Waals surface area contributed by atoms with Gasteiger partial charge in [-0.05, 0) is 36.4 Å². The molecule has 8 nitrogen and oxygen atoms in total. The van der Waals surface area contributed by atoms with E-state index < -0.39 is 5.97 Å². The van der Waals surface area contributed by atoms with E-state index in [1.54, 1.807) is 36.4 Å². The summed E-state index contributed by atoms with van der Waals surface area (Å²) < 4.78 is 32.9. The van der Waals surface area contributed by atoms with Gasteiger partial charge < -0.3 is 28.1 Å². The van der Waals surface area contributed by atoms with Crippen molar-refractivity contribution >= 4 is 28.8 Å². The van der Waals surface area contributed by atoms with Crippen LogP contribution in [0, 0.1) is 0 Å². The number of furan rings is 1. The highest BCUT2D eigenvalue weighted by atomic mass is 16.5. The summed E-state index contributed by atoms with van der Waals surface area (Å²) in [6.45, 7) is 0. The summed E-state index contributed by atoms with van der Waals surface area (Å²) in [5.41, 5.74) is 1.50. The Kier molecular flexibility index (Phi) is 5.62. The largest absolute Gasteiger partial charge is 0.496 e. The highest BCUT2D eigenvalue weighted by Crippen LogP contribution is 2.39. The lowest BCUT2D eigenvalue weighted by molar-refractivity contribution is 0.0703. The third-order valence-corrected chi connectivity index (χ3v) is 5.50. The smallest absolute Gasteiger partial charge is 0.379 e. The van der Waals surface area contributed by atoms with Crippen LogP contribution < -0.4 is 23.7 Å². The second-order valence-electron chi connectivity index (χ2n) is 7.58. The van der Waals surface area contributed by atoms with Crippen molar-refractivity contribution in [3.05, 3.63) is 83.3 Å². The van der Waals surface area contributed by atoms with Crippen molar-refractivity contribution < 1.29 is 37.7 Å². The highest BCUT2D eigenvalue weighted by Gasteiger charge is 2.29. The van der Waals surface area contributed by atoms with Gasteiger partial charge in [0.1, 0.15) is 22.8 Å². The van der Waals surface area contributed by atoms with Crippen molar-refractivity contribution in [3.8, 4) is 28.7 Å². The number of carbonyl (C=O) groups is 2. The lowest BCUT2D eigenvalue weighted by Crippen LogP contribution is -2.07. The Morgan fingerprint density at radius 3 is 2.34 bits per heavy atom. The number of hydrogen-bond acceptors (Lipinski definition) is 8. The molecule has 1 aromatic heterocycles. The molecule has 0 N–H and O–H groups in total. The first-order chi connectivity index (χ1) is 17.0. The number of para-hydroxylation sites is 1. The average molecular weight is 472 g/mol. The summed E-state index contributed by atoms with van der Waals surface area (Å²) in [5, 5.41) is 0.794. The molecule has 0 saturated carbocycles. The van der Waals surface area contributed by atoms with Gasteiger partial charge in [-0.15, -0.1) is 0 Å². The molecule has 0 unspecified atom stereocenters. The van der Waals surface area contributed by atoms with Gasteiger partial charge in [0.15, 0.2) is 17.3 Å². The minimum atomic E-state index is -0.656. The molecule has 1 aliphatic rings. The van der Waals surface area contributed by atoms with Gasteiger partial charge in [0.25, 0.3) is 0 Å². The van der Waals surface area contributed by atoms with Gasteiger partial charge in [-0.3, -0.25) is 4.79 Å². The van der Waals surface area contributed by atoms with Crippen LogP contribution >= 0.6 is 0 Å². The number of esters is 1. The van der Waals surface area contributed by atoms with Gasteiger partial charge in [0, 0.05) is 23.1 Å². The maximum atomic E-state index is 12.9. The minimum Gasteiger partial charge on any atom is -0.496 e. The van der Waals surface area contributed by atoms with Gasteiger partial charge >= 0.3 is 5.97 Å². The van der Waals surface area contributed by atoms with Crippen molar-refractivity contribution in [2.45, 2.75) is 0 Å². The average Bonchev–Trinajstić information content (AvgIpc) is 3.44. The maximum Gasteiger partial charge on any atom is 0.379 e. The van der Waals surface area contributed by atoms with Crippen molar-refractivity contribution in [1.82, 2.24) is 0 Å². The lowest BCUT2D eigenvalue weighted by Gasteiger charge is -2.12. The number of methoxy groups -OCH3 is 3. The topological polar surface area (TPSA) is 93.4 Å². The molecular weight excluding hydrogens is 452 g/mol. The Balaban J connectivity index is 1.40. The van der Waals surface area contributed by atoms with E-state index in [2.05, 4.69) is 0 Å². The van der Waals surface area contributed by atoms with Gasteiger partial charge in [-0.2, -0.15) is 0 Å². The molecule has 4 aromatic rings. The Morgan fingerprint density at radius 1 is 0.857 bits per heavy atom. The Hall–Kier alpha value is -4.72. The summed E-state index contributed by atoms with van der Waals surface area (Å²) in [4.78, 5) is 25.5. The molecule has 0 saturated heterocycles. The van der Waals surface area contributed by atoms with Gasteiger partial charge in [0.05, 0.1) is 26.9 Å². The number of allylic oxidation sites excluding steroid dienone is 1. The zero-order chi connectivity index (χ0) is 24.5. The fourth-order valence-electron chi connectivity index (χ4n) is 3.78. The lowest BCUT2D eigenvalue weighted by atomic mass is 10.1. The van der Waals surface area contributed by atoms with Crippen LogP contribution in [0.3, 0.4) is 0 Å². The Labute approximate surface area is 200 Å². The summed E-state index contributed by atoms with van der Waals surface area (Å²) in [5.74, 6) is 1.12. The molecule has 0 radical (unpaired) electrons. The van der Waals surface area contributed by atoms with E-state index in [-0.39, 0.29) is 28.8 Å². The zero-order valence-corrected chi connectivity index (χ0v) is 19.1. The van der Waals surface area contributed by atoms with Crippen LogP contribution in [0.2, 0.25) is 0 Å². The SMILES string of the molecule is COc1cc(OC)c(OC)cc1/C=C1\Oc2cc(OC(=O)c3cc4ccccc4o3)ccc2C1=O. The number of Topliss-reactive ketones (excluding diaryl/α,β-unsaturated/α-hetero) is 1. The summed E-state index contributed by atoms with van der Waals surface area (Å²) in [7, 11) is 4.55. The monoisotopic (exact) mass is 472 g/mol. The molecule has 0 fully saturated rings. The van der Waals surface area contributed by atoms with Gasteiger partial charge in [-0.25, -0.2) is 4.79 Å². The van der Waals surface area contributed by atoms with Crippen LogP contribution in [0.1, 0.15) is 26.5 Å². The van der Waals surface area contributed by atoms with E-state index in [1.807, 2.05) is 18.2 Å². The third kappa shape index (κ3) is 4.06. The van der Waals surface area contributed by atoms with Crippen LogP contribution in [-0.2, 0) is 0 Å². The van der Waals surface area contributed by atoms with E-state index in [0.717, 1.165) is 5.39 Å². The van der Waals surface area contributed by atoms with Crippen LogP contribution in [0.4, 0.5) is 0 Å². The van der Waals surface area contributed by atoms with Crippen LogP contribution in [0.25, 0.3) is 17.0 Å². The summed E-state index contributed by atoms with van der Waals surface area (Å²) in [6.07, 6.45) is 1.56. The predicted octanol–water partition coefficient (Wildman–Crippen LogP) is 5.29. The van der Waals surface area contributed by atoms with Crippen molar-refractivity contribution in [3.63, 3.8) is 0 Å². The Bertz CT molecular complexity index is 1460. The van der Waals surface area contributed by atoms with Crippen molar-refractivity contribution in [2.75, 3.05) is 21.3 Å². The fourth-order valence-corrected chi connectivity index (χ4v) is 3.78. The Morgan fingerprint density at radius 2 is 1.60 bits per heavy atom. The summed E-state index contributed by atoms with van der Waals surface area (Å²) >= 11 is 0. The molecule has 0 aliphatic carbocycles. The molecule has 176 valence electrons. The van der Waals surface area contributed by atoms with E-state index in [1.165, 1.54) is 33.5 Å².